The molecule has 2 aromatic carbocycles. The summed E-state index contributed by atoms with van der Waals surface area (Å²) < 4.78 is 57.0. The molecule has 0 fully saturated rings. The Labute approximate surface area is 211 Å². The summed E-state index contributed by atoms with van der Waals surface area (Å²) in [5.41, 5.74) is -0.481. The zero-order chi connectivity index (χ0) is 26.2. The van der Waals surface area contributed by atoms with Gasteiger partial charge in [-0.2, -0.15) is 13.2 Å². The Bertz CT molecular complexity index is 1360. The molecule has 0 saturated heterocycles. The lowest BCUT2D eigenvalue weighted by molar-refractivity contribution is -0.198. The van der Waals surface area contributed by atoms with Gasteiger partial charge in [0, 0.05) is 21.9 Å². The average Bonchev–Trinajstić information content (AvgIpc) is 3.27. The Hall–Kier alpha value is -3.57. The second-order valence-corrected chi connectivity index (χ2v) is 8.92. The third-order valence-corrected chi connectivity index (χ3v) is 6.69. The normalized spacial score (nSPS) is 14.3. The number of thiophene rings is 1. The second kappa shape index (κ2) is 9.82. The number of rotatable bonds is 6. The molecule has 0 spiro atoms. The first kappa shape index (κ1) is 25.5. The number of hydrogen-bond donors (Lipinski definition) is 0. The molecule has 4 rings (SSSR count). The maximum absolute atomic E-state index is 14.0. The summed E-state index contributed by atoms with van der Waals surface area (Å²) in [4.78, 5) is 39.4. The van der Waals surface area contributed by atoms with Crippen LogP contribution in [0.5, 0.6) is 11.5 Å². The van der Waals surface area contributed by atoms with E-state index in [4.69, 9.17) is 25.8 Å². The summed E-state index contributed by atoms with van der Waals surface area (Å²) in [7, 11) is 2.39. The van der Waals surface area contributed by atoms with Gasteiger partial charge in [0.15, 0.2) is 0 Å². The highest BCUT2D eigenvalue weighted by molar-refractivity contribution is 7.11. The Morgan fingerprint density at radius 1 is 1.14 bits per heavy atom. The van der Waals surface area contributed by atoms with E-state index in [0.717, 1.165) is 29.4 Å². The van der Waals surface area contributed by atoms with Crippen LogP contribution in [0.25, 0.3) is 0 Å². The van der Waals surface area contributed by atoms with Crippen LogP contribution in [-0.4, -0.2) is 38.2 Å². The van der Waals surface area contributed by atoms with E-state index in [1.54, 1.807) is 0 Å². The molecule has 188 valence electrons. The number of amides is 2. The number of esters is 1. The SMILES string of the molecule is COC(=O)c1csc2c1C(=O)N(c1cc(OC(c3ccccc3OC)C(F)(F)F)ccc1Cl)C(=O)C2. The fourth-order valence-corrected chi connectivity index (χ4v) is 4.97. The van der Waals surface area contributed by atoms with E-state index >= 15 is 0 Å². The Balaban J connectivity index is 1.74. The Morgan fingerprint density at radius 3 is 2.53 bits per heavy atom. The van der Waals surface area contributed by atoms with Crippen LogP contribution in [0, 0.1) is 0 Å². The van der Waals surface area contributed by atoms with Crippen LogP contribution in [0.1, 0.15) is 37.3 Å². The molecular formula is C24H17ClF3NO6S. The number of hydrogen-bond acceptors (Lipinski definition) is 7. The van der Waals surface area contributed by atoms with Crippen molar-refractivity contribution in [3.8, 4) is 11.5 Å². The molecule has 0 bridgehead atoms. The average molecular weight is 540 g/mol. The number of nitrogens with zero attached hydrogens (tertiary/aromatic N) is 1. The largest absolute Gasteiger partial charge is 0.496 e. The van der Waals surface area contributed by atoms with Gasteiger partial charge in [-0.15, -0.1) is 11.3 Å². The fraction of sp³-hybridized carbons (Fsp3) is 0.208. The lowest BCUT2D eigenvalue weighted by Gasteiger charge is -2.28. The van der Waals surface area contributed by atoms with Crippen LogP contribution in [-0.2, 0) is 16.0 Å². The van der Waals surface area contributed by atoms with Crippen molar-refractivity contribution in [2.24, 2.45) is 0 Å². The van der Waals surface area contributed by atoms with Crippen molar-refractivity contribution in [2.75, 3.05) is 19.1 Å². The van der Waals surface area contributed by atoms with Crippen molar-refractivity contribution in [3.63, 3.8) is 0 Å². The Morgan fingerprint density at radius 2 is 1.86 bits per heavy atom. The van der Waals surface area contributed by atoms with E-state index in [9.17, 15) is 27.6 Å². The molecule has 0 N–H and O–H groups in total. The molecule has 36 heavy (non-hydrogen) atoms. The molecule has 1 aliphatic heterocycles. The van der Waals surface area contributed by atoms with Crippen LogP contribution >= 0.6 is 22.9 Å². The number of alkyl halides is 3. The van der Waals surface area contributed by atoms with Gasteiger partial charge in [-0.3, -0.25) is 9.59 Å². The summed E-state index contributed by atoms with van der Waals surface area (Å²) in [5, 5.41) is 1.33. The summed E-state index contributed by atoms with van der Waals surface area (Å²) in [6, 6.07) is 8.99. The summed E-state index contributed by atoms with van der Waals surface area (Å²) in [5.74, 6) is -2.60. The van der Waals surface area contributed by atoms with Crippen molar-refractivity contribution < 1.29 is 41.8 Å². The molecule has 0 saturated carbocycles. The highest BCUT2D eigenvalue weighted by Gasteiger charge is 2.45. The van der Waals surface area contributed by atoms with Gasteiger partial charge in [-0.05, 0) is 18.2 Å². The minimum atomic E-state index is -4.83. The number of imide groups is 1. The number of para-hydroxylation sites is 1. The van der Waals surface area contributed by atoms with E-state index in [2.05, 4.69) is 0 Å². The van der Waals surface area contributed by atoms with Crippen molar-refractivity contribution in [1.29, 1.82) is 0 Å². The number of carbonyl (C=O) groups is 3. The monoisotopic (exact) mass is 539 g/mol. The van der Waals surface area contributed by atoms with Gasteiger partial charge in [0.1, 0.15) is 11.5 Å². The van der Waals surface area contributed by atoms with E-state index in [1.807, 2.05) is 0 Å². The first-order valence-corrected chi connectivity index (χ1v) is 11.5. The number of ether oxygens (including phenoxy) is 3. The summed E-state index contributed by atoms with van der Waals surface area (Å²) >= 11 is 7.31. The van der Waals surface area contributed by atoms with Gasteiger partial charge in [-0.25, -0.2) is 9.69 Å². The van der Waals surface area contributed by atoms with Crippen LogP contribution in [0.3, 0.4) is 0 Å². The van der Waals surface area contributed by atoms with E-state index in [1.165, 1.54) is 48.9 Å². The second-order valence-electron chi connectivity index (χ2n) is 7.54. The van der Waals surface area contributed by atoms with E-state index in [0.29, 0.717) is 4.88 Å². The fourth-order valence-electron chi connectivity index (χ4n) is 3.77. The van der Waals surface area contributed by atoms with Crippen molar-refractivity contribution in [3.05, 3.63) is 74.4 Å². The Kier molecular flexibility index (Phi) is 6.96. The van der Waals surface area contributed by atoms with Crippen molar-refractivity contribution in [2.45, 2.75) is 18.7 Å². The number of carbonyl (C=O) groups excluding carboxylic acids is 3. The molecule has 7 nitrogen and oxygen atoms in total. The van der Waals surface area contributed by atoms with Gasteiger partial charge in [-0.1, -0.05) is 29.8 Å². The first-order valence-electron chi connectivity index (χ1n) is 10.3. The van der Waals surface area contributed by atoms with Crippen molar-refractivity contribution >= 4 is 46.4 Å². The van der Waals surface area contributed by atoms with Gasteiger partial charge in [0.05, 0.1) is 42.5 Å². The van der Waals surface area contributed by atoms with Crippen LogP contribution in [0.15, 0.2) is 47.8 Å². The lowest BCUT2D eigenvalue weighted by atomic mass is 10.0. The standard InChI is InChI=1S/C24H17ClF3NO6S/c1-33-17-6-4-3-5-13(17)21(24(26,27)28)35-12-7-8-15(25)16(9-12)29-19(30)10-18-20(22(29)31)14(11-36-18)23(32)34-2/h3-9,11,21H,10H2,1-2H3. The summed E-state index contributed by atoms with van der Waals surface area (Å²) in [6.07, 6.45) is -7.45. The predicted molar refractivity (Wildman–Crippen MR) is 125 cm³/mol. The number of anilines is 1. The van der Waals surface area contributed by atoms with Crippen LogP contribution in [0.2, 0.25) is 5.02 Å². The molecule has 3 aromatic rings. The van der Waals surface area contributed by atoms with Crippen LogP contribution in [0.4, 0.5) is 18.9 Å². The number of fused-ring (bicyclic) bond motifs is 1. The first-order chi connectivity index (χ1) is 17.1. The molecule has 0 aliphatic carbocycles. The molecule has 1 unspecified atom stereocenters. The van der Waals surface area contributed by atoms with Crippen LogP contribution < -0.4 is 14.4 Å². The smallest absolute Gasteiger partial charge is 0.429 e. The highest BCUT2D eigenvalue weighted by Crippen LogP contribution is 2.42. The predicted octanol–water partition coefficient (Wildman–Crippen LogP) is 5.61. The number of halogens is 4. The van der Waals surface area contributed by atoms with Gasteiger partial charge in [0.2, 0.25) is 12.0 Å². The molecule has 1 aliphatic rings. The maximum atomic E-state index is 14.0. The number of methoxy groups -OCH3 is 2. The third kappa shape index (κ3) is 4.63. The molecular weight excluding hydrogens is 523 g/mol. The summed E-state index contributed by atoms with van der Waals surface area (Å²) in [6.45, 7) is 0. The topological polar surface area (TPSA) is 82.1 Å². The molecule has 12 heteroatoms. The van der Waals surface area contributed by atoms with Crippen molar-refractivity contribution in [1.82, 2.24) is 0 Å². The molecule has 1 atom stereocenters. The maximum Gasteiger partial charge on any atom is 0.429 e. The van der Waals surface area contributed by atoms with Gasteiger partial charge in [0.25, 0.3) is 5.91 Å². The zero-order valence-electron chi connectivity index (χ0n) is 18.7. The molecule has 2 amide bonds. The zero-order valence-corrected chi connectivity index (χ0v) is 20.3. The lowest BCUT2D eigenvalue weighted by Crippen LogP contribution is -2.42. The van der Waals surface area contributed by atoms with Gasteiger partial charge >= 0.3 is 12.1 Å². The molecule has 2 heterocycles. The van der Waals surface area contributed by atoms with Gasteiger partial charge < -0.3 is 14.2 Å². The van der Waals surface area contributed by atoms with E-state index < -0.39 is 30.1 Å². The quantitative estimate of drug-likeness (QED) is 0.299. The highest BCUT2D eigenvalue weighted by atomic mass is 35.5. The van der Waals surface area contributed by atoms with E-state index in [-0.39, 0.29) is 45.3 Å². The number of benzene rings is 2. The minimum Gasteiger partial charge on any atom is -0.496 e. The third-order valence-electron chi connectivity index (χ3n) is 5.38. The molecule has 0 radical (unpaired) electrons. The minimum absolute atomic E-state index is 0.0168. The molecule has 1 aromatic heterocycles.